The van der Waals surface area contributed by atoms with Crippen LogP contribution < -0.4 is 10.8 Å². The van der Waals surface area contributed by atoms with Gasteiger partial charge in [0.25, 0.3) is 5.91 Å². The van der Waals surface area contributed by atoms with Crippen LogP contribution in [-0.2, 0) is 11.3 Å². The van der Waals surface area contributed by atoms with Crippen LogP contribution in [0.1, 0.15) is 17.0 Å². The summed E-state index contributed by atoms with van der Waals surface area (Å²) in [7, 11) is 0. The van der Waals surface area contributed by atoms with Crippen LogP contribution in [0.25, 0.3) is 16.3 Å². The van der Waals surface area contributed by atoms with Crippen LogP contribution in [0.5, 0.6) is 0 Å². The molecule has 4 rings (SSSR count). The van der Waals surface area contributed by atoms with E-state index in [0.29, 0.717) is 5.56 Å². The molecule has 3 heterocycles. The van der Waals surface area contributed by atoms with Crippen molar-refractivity contribution in [2.75, 3.05) is 18.4 Å². The SMILES string of the molecule is Cl.Cl.O=C(C=Cc1cnc(N[C@@H]2CCN(Cc3nc4ccccc4s3)C2)c(F)c1)NO. The van der Waals surface area contributed by atoms with Crippen molar-refractivity contribution in [3.05, 3.63) is 59.0 Å². The van der Waals surface area contributed by atoms with Crippen LogP contribution >= 0.6 is 36.2 Å². The highest BCUT2D eigenvalue weighted by Crippen LogP contribution is 2.25. The van der Waals surface area contributed by atoms with E-state index in [1.54, 1.807) is 11.3 Å². The number of pyridine rings is 1. The minimum atomic E-state index is -0.688. The number of thiazole rings is 1. The summed E-state index contributed by atoms with van der Waals surface area (Å²) in [6.07, 6.45) is 4.84. The molecule has 166 valence electrons. The Morgan fingerprint density at radius 3 is 2.90 bits per heavy atom. The molecule has 0 radical (unpaired) electrons. The number of hydroxylamine groups is 1. The number of benzene rings is 1. The minimum absolute atomic E-state index is 0. The summed E-state index contributed by atoms with van der Waals surface area (Å²) in [6.45, 7) is 2.48. The second kappa shape index (κ2) is 11.4. The highest BCUT2D eigenvalue weighted by molar-refractivity contribution is 7.18. The van der Waals surface area contributed by atoms with Gasteiger partial charge in [-0.05, 0) is 36.3 Å². The van der Waals surface area contributed by atoms with E-state index >= 15 is 0 Å². The normalized spacial score (nSPS) is 16.1. The lowest BCUT2D eigenvalue weighted by molar-refractivity contribution is -0.124. The molecule has 0 spiro atoms. The Morgan fingerprint density at radius 2 is 2.16 bits per heavy atom. The first-order valence-corrected chi connectivity index (χ1v) is 10.0. The number of hydrogen-bond acceptors (Lipinski definition) is 7. The van der Waals surface area contributed by atoms with E-state index in [-0.39, 0.29) is 36.7 Å². The molecule has 1 saturated heterocycles. The number of amides is 1. The van der Waals surface area contributed by atoms with E-state index in [2.05, 4.69) is 26.3 Å². The van der Waals surface area contributed by atoms with Gasteiger partial charge in [0.2, 0.25) is 0 Å². The Hall–Kier alpha value is -2.30. The number of hydrogen-bond donors (Lipinski definition) is 3. The number of fused-ring (bicyclic) bond motifs is 1. The maximum absolute atomic E-state index is 14.3. The van der Waals surface area contributed by atoms with Gasteiger partial charge >= 0.3 is 0 Å². The van der Waals surface area contributed by atoms with Crippen molar-refractivity contribution in [1.82, 2.24) is 20.3 Å². The summed E-state index contributed by atoms with van der Waals surface area (Å²) in [5.41, 5.74) is 2.93. The third-order valence-corrected chi connectivity index (χ3v) is 5.73. The van der Waals surface area contributed by atoms with Crippen molar-refractivity contribution in [3.63, 3.8) is 0 Å². The number of para-hydroxylation sites is 1. The molecule has 31 heavy (non-hydrogen) atoms. The summed E-state index contributed by atoms with van der Waals surface area (Å²) < 4.78 is 15.5. The van der Waals surface area contributed by atoms with Gasteiger partial charge in [0.15, 0.2) is 11.6 Å². The zero-order valence-electron chi connectivity index (χ0n) is 16.3. The Morgan fingerprint density at radius 1 is 1.35 bits per heavy atom. The largest absolute Gasteiger partial charge is 0.364 e. The minimum Gasteiger partial charge on any atom is -0.364 e. The molecule has 1 aliphatic rings. The maximum Gasteiger partial charge on any atom is 0.267 e. The van der Waals surface area contributed by atoms with Gasteiger partial charge in [0, 0.05) is 31.4 Å². The third-order valence-electron chi connectivity index (χ3n) is 4.71. The number of nitrogens with zero attached hydrogens (tertiary/aromatic N) is 3. The van der Waals surface area contributed by atoms with Gasteiger partial charge in [-0.25, -0.2) is 19.8 Å². The smallest absolute Gasteiger partial charge is 0.267 e. The van der Waals surface area contributed by atoms with Crippen molar-refractivity contribution in [2.24, 2.45) is 0 Å². The summed E-state index contributed by atoms with van der Waals surface area (Å²) in [5.74, 6) is -0.978. The zero-order chi connectivity index (χ0) is 20.2. The molecule has 1 aromatic carbocycles. The molecule has 7 nitrogen and oxygen atoms in total. The average molecular weight is 486 g/mol. The van der Waals surface area contributed by atoms with Gasteiger partial charge in [0.1, 0.15) is 5.01 Å². The predicted molar refractivity (Wildman–Crippen MR) is 125 cm³/mol. The van der Waals surface area contributed by atoms with Crippen LogP contribution in [0.3, 0.4) is 0 Å². The highest BCUT2D eigenvalue weighted by Gasteiger charge is 2.24. The monoisotopic (exact) mass is 485 g/mol. The molecule has 0 unspecified atom stereocenters. The van der Waals surface area contributed by atoms with Crippen molar-refractivity contribution in [2.45, 2.75) is 19.0 Å². The second-order valence-corrected chi connectivity index (χ2v) is 7.96. The molecular weight excluding hydrogens is 464 g/mol. The first kappa shape index (κ1) is 25.0. The van der Waals surface area contributed by atoms with E-state index in [0.717, 1.165) is 42.7 Å². The first-order valence-electron chi connectivity index (χ1n) is 9.22. The van der Waals surface area contributed by atoms with E-state index in [1.165, 1.54) is 28.5 Å². The summed E-state index contributed by atoms with van der Waals surface area (Å²) >= 11 is 1.71. The van der Waals surface area contributed by atoms with Crippen LogP contribution in [0, 0.1) is 5.82 Å². The lowest BCUT2D eigenvalue weighted by atomic mass is 10.2. The second-order valence-electron chi connectivity index (χ2n) is 6.85. The van der Waals surface area contributed by atoms with Crippen LogP contribution in [0.4, 0.5) is 10.2 Å². The number of rotatable bonds is 6. The summed E-state index contributed by atoms with van der Waals surface area (Å²) in [5, 5.41) is 12.7. The molecule has 3 N–H and O–H groups in total. The summed E-state index contributed by atoms with van der Waals surface area (Å²) in [4.78, 5) is 22.1. The maximum atomic E-state index is 14.3. The van der Waals surface area contributed by atoms with Crippen LogP contribution in [0.15, 0.2) is 42.6 Å². The van der Waals surface area contributed by atoms with Gasteiger partial charge in [-0.3, -0.25) is 14.9 Å². The van der Waals surface area contributed by atoms with Crippen molar-refractivity contribution in [3.8, 4) is 0 Å². The van der Waals surface area contributed by atoms with Gasteiger partial charge in [-0.15, -0.1) is 36.2 Å². The van der Waals surface area contributed by atoms with Gasteiger partial charge in [-0.1, -0.05) is 12.1 Å². The Labute approximate surface area is 195 Å². The van der Waals surface area contributed by atoms with Crippen LogP contribution in [-0.4, -0.2) is 45.1 Å². The highest BCUT2D eigenvalue weighted by atomic mass is 35.5. The molecule has 0 saturated carbocycles. The molecule has 2 aromatic heterocycles. The average Bonchev–Trinajstić information content (AvgIpc) is 3.34. The fraction of sp³-hybridized carbons (Fsp3) is 0.250. The topological polar surface area (TPSA) is 90.4 Å². The number of nitrogens with one attached hydrogen (secondary N) is 2. The summed E-state index contributed by atoms with van der Waals surface area (Å²) in [6, 6.07) is 9.51. The number of carbonyl (C=O) groups is 1. The molecule has 0 bridgehead atoms. The molecule has 3 aromatic rings. The molecule has 11 heteroatoms. The first-order chi connectivity index (χ1) is 14.1. The number of anilines is 1. The zero-order valence-corrected chi connectivity index (χ0v) is 18.8. The Kier molecular flexibility index (Phi) is 9.15. The Balaban J connectivity index is 0.00000171. The Bertz CT molecular complexity index is 1030. The number of aromatic nitrogens is 2. The quantitative estimate of drug-likeness (QED) is 0.279. The lowest BCUT2D eigenvalue weighted by Gasteiger charge is -2.16. The van der Waals surface area contributed by atoms with E-state index < -0.39 is 11.7 Å². The van der Waals surface area contributed by atoms with Gasteiger partial charge in [0.05, 0.1) is 16.8 Å². The molecule has 1 amide bonds. The van der Waals surface area contributed by atoms with Crippen molar-refractivity contribution >= 4 is 64.2 Å². The van der Waals surface area contributed by atoms with Crippen molar-refractivity contribution < 1.29 is 14.4 Å². The molecule has 1 atom stereocenters. The number of carbonyl (C=O) groups excluding carboxylic acids is 1. The number of halogens is 3. The molecule has 1 aliphatic heterocycles. The number of likely N-dealkylation sites (tertiary alicyclic amines) is 1. The lowest BCUT2D eigenvalue weighted by Crippen LogP contribution is -2.26. The van der Waals surface area contributed by atoms with E-state index in [4.69, 9.17) is 5.21 Å². The van der Waals surface area contributed by atoms with Crippen molar-refractivity contribution in [1.29, 1.82) is 0 Å². The van der Waals surface area contributed by atoms with Gasteiger partial charge < -0.3 is 5.32 Å². The molecule has 1 fully saturated rings. The van der Waals surface area contributed by atoms with Gasteiger partial charge in [-0.2, -0.15) is 0 Å². The van der Waals surface area contributed by atoms with E-state index in [1.807, 2.05) is 18.2 Å². The fourth-order valence-electron chi connectivity index (χ4n) is 3.33. The fourth-order valence-corrected chi connectivity index (χ4v) is 4.34. The predicted octanol–water partition coefficient (Wildman–Crippen LogP) is 3.88. The van der Waals surface area contributed by atoms with Crippen LogP contribution in [0.2, 0.25) is 0 Å². The standard InChI is InChI=1S/C20H20FN5O2S.2ClH/c21-15-9-13(5-6-18(27)25-28)10-22-20(15)23-14-7-8-26(11-14)12-19-24-16-3-1-2-4-17(16)29-19;;/h1-6,9-10,14,28H,7-8,11-12H2,(H,22,23)(H,25,27);2*1H/t14-;;/m1../s1. The molecule has 0 aliphatic carbocycles. The third kappa shape index (κ3) is 6.34. The molecular formula is C20H22Cl2FN5O2S. The van der Waals surface area contributed by atoms with E-state index in [9.17, 15) is 9.18 Å².